The standard InChI is InChI=1S/C41H43NO3/c1-44-38-29-27-33(28-30-38)17-7-3-16-26-40(43)39(32-45-31-34-18-8-2-9-19-34)42-41(35-20-10-4-11-21-35,36-22-12-5-13-23-36)37-24-14-6-15-25-37/h2,4-6,8-16,18-30,39-40,42-43H,3,7,17,31-32H2,1H3/b26-16+/t39-,40-/m0/s1. The number of nitrogens with one attached hydrogen (secondary N) is 1. The Morgan fingerprint density at radius 1 is 0.667 bits per heavy atom. The van der Waals surface area contributed by atoms with Crippen LogP contribution in [0.3, 0.4) is 0 Å². The Hall–Kier alpha value is -4.48. The van der Waals surface area contributed by atoms with Gasteiger partial charge in [0, 0.05) is 0 Å². The van der Waals surface area contributed by atoms with E-state index < -0.39 is 17.7 Å². The third-order valence-corrected chi connectivity index (χ3v) is 8.17. The highest BCUT2D eigenvalue weighted by Crippen LogP contribution is 2.37. The van der Waals surface area contributed by atoms with Crippen molar-refractivity contribution in [2.45, 2.75) is 43.6 Å². The molecule has 2 N–H and O–H groups in total. The summed E-state index contributed by atoms with van der Waals surface area (Å²) in [6.07, 6.45) is 6.05. The predicted molar refractivity (Wildman–Crippen MR) is 183 cm³/mol. The van der Waals surface area contributed by atoms with Gasteiger partial charge in [0.2, 0.25) is 0 Å². The topological polar surface area (TPSA) is 50.7 Å². The maximum absolute atomic E-state index is 11.7. The first-order valence-corrected chi connectivity index (χ1v) is 15.7. The Balaban J connectivity index is 1.41. The van der Waals surface area contributed by atoms with E-state index in [4.69, 9.17) is 9.47 Å². The minimum absolute atomic E-state index is 0.320. The molecule has 0 fully saturated rings. The van der Waals surface area contributed by atoms with Gasteiger partial charge in [-0.3, -0.25) is 5.32 Å². The molecule has 0 unspecified atom stereocenters. The van der Waals surface area contributed by atoms with Crippen LogP contribution in [0.5, 0.6) is 5.75 Å². The second-order valence-electron chi connectivity index (χ2n) is 11.3. The lowest BCUT2D eigenvalue weighted by Gasteiger charge is -2.41. The van der Waals surface area contributed by atoms with Crippen molar-refractivity contribution in [3.05, 3.63) is 186 Å². The first-order valence-electron chi connectivity index (χ1n) is 15.7. The summed E-state index contributed by atoms with van der Waals surface area (Å²) in [5.41, 5.74) is 4.91. The summed E-state index contributed by atoms with van der Waals surface area (Å²) >= 11 is 0. The molecule has 45 heavy (non-hydrogen) atoms. The lowest BCUT2D eigenvalue weighted by Crippen LogP contribution is -2.55. The van der Waals surface area contributed by atoms with E-state index in [9.17, 15) is 5.11 Å². The minimum Gasteiger partial charge on any atom is -0.497 e. The van der Waals surface area contributed by atoms with Crippen LogP contribution in [0.4, 0.5) is 0 Å². The van der Waals surface area contributed by atoms with Crippen LogP contribution in [0.25, 0.3) is 0 Å². The van der Waals surface area contributed by atoms with Crippen molar-refractivity contribution in [1.29, 1.82) is 0 Å². The number of allylic oxidation sites excluding steroid dienone is 1. The van der Waals surface area contributed by atoms with E-state index in [1.54, 1.807) is 7.11 Å². The zero-order valence-electron chi connectivity index (χ0n) is 26.0. The molecule has 0 aliphatic carbocycles. The number of aliphatic hydroxyl groups is 1. The molecule has 0 aliphatic rings. The Bertz CT molecular complexity index is 1460. The number of hydrogen-bond donors (Lipinski definition) is 2. The molecule has 0 saturated heterocycles. The van der Waals surface area contributed by atoms with Gasteiger partial charge in [0.05, 0.1) is 38.0 Å². The monoisotopic (exact) mass is 597 g/mol. The average Bonchev–Trinajstić information content (AvgIpc) is 3.11. The van der Waals surface area contributed by atoms with Crippen molar-refractivity contribution in [3.8, 4) is 5.75 Å². The molecular weight excluding hydrogens is 554 g/mol. The van der Waals surface area contributed by atoms with Gasteiger partial charge in [-0.1, -0.05) is 146 Å². The second-order valence-corrected chi connectivity index (χ2v) is 11.3. The quantitative estimate of drug-likeness (QED) is 0.0686. The molecule has 2 atom stereocenters. The molecule has 0 saturated carbocycles. The minimum atomic E-state index is -0.780. The predicted octanol–water partition coefficient (Wildman–Crippen LogP) is 8.10. The number of unbranched alkanes of at least 4 members (excludes halogenated alkanes) is 1. The normalized spacial score (nSPS) is 13.0. The molecule has 0 heterocycles. The molecule has 0 bridgehead atoms. The van der Waals surface area contributed by atoms with Crippen molar-refractivity contribution in [1.82, 2.24) is 5.32 Å². The summed E-state index contributed by atoms with van der Waals surface area (Å²) < 4.78 is 11.6. The highest BCUT2D eigenvalue weighted by molar-refractivity contribution is 5.49. The van der Waals surface area contributed by atoms with E-state index in [-0.39, 0.29) is 0 Å². The molecule has 5 aromatic carbocycles. The van der Waals surface area contributed by atoms with Crippen LogP contribution < -0.4 is 10.1 Å². The largest absolute Gasteiger partial charge is 0.497 e. The summed E-state index contributed by atoms with van der Waals surface area (Å²) in [6, 6.07) is 49.4. The average molecular weight is 598 g/mol. The highest BCUT2D eigenvalue weighted by atomic mass is 16.5. The van der Waals surface area contributed by atoms with Crippen LogP contribution in [0.15, 0.2) is 158 Å². The van der Waals surface area contributed by atoms with Crippen LogP contribution >= 0.6 is 0 Å². The number of rotatable bonds is 16. The van der Waals surface area contributed by atoms with E-state index in [1.165, 1.54) is 5.56 Å². The van der Waals surface area contributed by atoms with E-state index >= 15 is 0 Å². The molecule has 0 aromatic heterocycles. The summed E-state index contributed by atoms with van der Waals surface area (Å²) in [6.45, 7) is 0.785. The van der Waals surface area contributed by atoms with Gasteiger partial charge in [-0.05, 0) is 59.2 Å². The van der Waals surface area contributed by atoms with Crippen LogP contribution in [-0.4, -0.2) is 31.0 Å². The SMILES string of the molecule is COc1ccc(CCC/C=C/[C@H](O)[C@H](COCc2ccccc2)NC(c2ccccc2)(c2ccccc2)c2ccccc2)cc1. The summed E-state index contributed by atoms with van der Waals surface area (Å²) in [5.74, 6) is 0.868. The molecule has 5 aromatic rings. The van der Waals surface area contributed by atoms with Crippen LogP contribution in [0.1, 0.15) is 40.7 Å². The fraction of sp³-hybridized carbons (Fsp3) is 0.220. The molecule has 4 heteroatoms. The molecule has 0 radical (unpaired) electrons. The maximum atomic E-state index is 11.7. The second kappa shape index (κ2) is 16.6. The number of ether oxygens (including phenoxy) is 2. The van der Waals surface area contributed by atoms with Gasteiger partial charge in [0.25, 0.3) is 0 Å². The van der Waals surface area contributed by atoms with Crippen LogP contribution in [0.2, 0.25) is 0 Å². The third kappa shape index (κ3) is 8.58. The number of aryl methyl sites for hydroxylation is 1. The molecule has 0 aliphatic heterocycles. The van der Waals surface area contributed by atoms with E-state index in [0.717, 1.165) is 47.3 Å². The first kappa shape index (κ1) is 31.9. The number of hydrogen-bond acceptors (Lipinski definition) is 4. The number of aliphatic hydroxyl groups excluding tert-OH is 1. The van der Waals surface area contributed by atoms with Crippen molar-refractivity contribution in [3.63, 3.8) is 0 Å². The van der Waals surface area contributed by atoms with Gasteiger partial charge in [0.1, 0.15) is 5.75 Å². The van der Waals surface area contributed by atoms with E-state index in [0.29, 0.717) is 13.2 Å². The van der Waals surface area contributed by atoms with Crippen LogP contribution in [-0.2, 0) is 23.3 Å². The Labute approximate surface area is 268 Å². The molecule has 5 rings (SSSR count). The lowest BCUT2D eigenvalue weighted by molar-refractivity contribution is 0.0500. The number of benzene rings is 5. The molecule has 230 valence electrons. The fourth-order valence-corrected chi connectivity index (χ4v) is 5.78. The molecular formula is C41H43NO3. The van der Waals surface area contributed by atoms with Crippen molar-refractivity contribution in [2.75, 3.05) is 13.7 Å². The van der Waals surface area contributed by atoms with E-state index in [2.05, 4.69) is 108 Å². The van der Waals surface area contributed by atoms with Gasteiger partial charge in [-0.15, -0.1) is 0 Å². The fourth-order valence-electron chi connectivity index (χ4n) is 5.78. The smallest absolute Gasteiger partial charge is 0.118 e. The molecule has 0 spiro atoms. The highest BCUT2D eigenvalue weighted by Gasteiger charge is 2.39. The Morgan fingerprint density at radius 3 is 1.69 bits per heavy atom. The Morgan fingerprint density at radius 2 is 1.18 bits per heavy atom. The van der Waals surface area contributed by atoms with Gasteiger partial charge in [-0.2, -0.15) is 0 Å². The van der Waals surface area contributed by atoms with Gasteiger partial charge in [0.15, 0.2) is 0 Å². The summed E-state index contributed by atoms with van der Waals surface area (Å²) in [7, 11) is 1.68. The Kier molecular flexibility index (Phi) is 11.7. The van der Waals surface area contributed by atoms with Gasteiger partial charge >= 0.3 is 0 Å². The summed E-state index contributed by atoms with van der Waals surface area (Å²) in [5, 5.41) is 15.7. The van der Waals surface area contributed by atoms with Crippen molar-refractivity contribution in [2.24, 2.45) is 0 Å². The molecule has 0 amide bonds. The first-order chi connectivity index (χ1) is 22.2. The lowest BCUT2D eigenvalue weighted by atomic mass is 9.76. The van der Waals surface area contributed by atoms with Crippen LogP contribution in [0, 0.1) is 0 Å². The summed E-state index contributed by atoms with van der Waals surface area (Å²) in [4.78, 5) is 0. The van der Waals surface area contributed by atoms with Gasteiger partial charge < -0.3 is 14.6 Å². The number of methoxy groups -OCH3 is 1. The maximum Gasteiger partial charge on any atom is 0.118 e. The zero-order chi connectivity index (χ0) is 31.2. The van der Waals surface area contributed by atoms with Gasteiger partial charge in [-0.25, -0.2) is 0 Å². The van der Waals surface area contributed by atoms with E-state index in [1.807, 2.05) is 54.6 Å². The third-order valence-electron chi connectivity index (χ3n) is 8.17. The van der Waals surface area contributed by atoms with Crippen molar-refractivity contribution < 1.29 is 14.6 Å². The molecule has 4 nitrogen and oxygen atoms in total. The van der Waals surface area contributed by atoms with Crippen molar-refractivity contribution >= 4 is 0 Å². The zero-order valence-corrected chi connectivity index (χ0v) is 26.0.